The van der Waals surface area contributed by atoms with E-state index in [1.807, 2.05) is 5.32 Å². The van der Waals surface area contributed by atoms with Crippen molar-refractivity contribution in [1.82, 2.24) is 4.98 Å². The van der Waals surface area contributed by atoms with Gasteiger partial charge in [-0.1, -0.05) is 23.2 Å². The van der Waals surface area contributed by atoms with Crippen molar-refractivity contribution in [3.05, 3.63) is 87.0 Å². The van der Waals surface area contributed by atoms with Crippen molar-refractivity contribution in [3.63, 3.8) is 0 Å². The molecule has 1 aliphatic rings. The van der Waals surface area contributed by atoms with E-state index in [1.54, 1.807) is 0 Å². The molecule has 3 aromatic rings. The zero-order valence-corrected chi connectivity index (χ0v) is 20.0. The minimum absolute atomic E-state index is 0.297. The molecule has 35 heavy (non-hydrogen) atoms. The molecule has 2 atom stereocenters. The monoisotopic (exact) mass is 565 g/mol. The number of carbonyl (C=O) groups excluding carboxylic acids is 2. The topological polar surface area (TPSA) is 71.1 Å². The van der Waals surface area contributed by atoms with Crippen LogP contribution in [-0.2, 0) is 4.79 Å². The Balaban J connectivity index is 1.56. The average molecular weight is 567 g/mol. The SMILES string of the molecule is O=C(Nc1ncc(F)cc1F)c1cc(NC(=O)C2C(c3cc(Cl)cc(Cl)c3)C2(Cl)Cl)cc(F)c1F. The van der Waals surface area contributed by atoms with Gasteiger partial charge in [0.2, 0.25) is 5.91 Å². The van der Waals surface area contributed by atoms with E-state index in [9.17, 15) is 27.2 Å². The number of halogens is 8. The number of rotatable bonds is 5. The van der Waals surface area contributed by atoms with Crippen LogP contribution in [0.1, 0.15) is 21.8 Å². The molecule has 1 aromatic heterocycles. The Kier molecular flexibility index (Phi) is 6.89. The lowest BCUT2D eigenvalue weighted by Gasteiger charge is -2.10. The Hall–Kier alpha value is -2.59. The molecule has 0 saturated heterocycles. The molecule has 0 radical (unpaired) electrons. The van der Waals surface area contributed by atoms with Crippen LogP contribution in [0.3, 0.4) is 0 Å². The zero-order valence-electron chi connectivity index (χ0n) is 17.0. The van der Waals surface area contributed by atoms with Gasteiger partial charge in [0.05, 0.1) is 17.7 Å². The smallest absolute Gasteiger partial charge is 0.260 e. The molecule has 13 heteroatoms. The van der Waals surface area contributed by atoms with E-state index in [-0.39, 0.29) is 5.69 Å². The molecule has 0 spiro atoms. The first-order valence-electron chi connectivity index (χ1n) is 9.64. The molecule has 2 amide bonds. The summed E-state index contributed by atoms with van der Waals surface area (Å²) in [5.41, 5.74) is -0.680. The number of hydrogen-bond acceptors (Lipinski definition) is 3. The van der Waals surface area contributed by atoms with E-state index < -0.39 is 62.6 Å². The fourth-order valence-electron chi connectivity index (χ4n) is 3.55. The molecule has 1 heterocycles. The van der Waals surface area contributed by atoms with Gasteiger partial charge in [-0.2, -0.15) is 0 Å². The van der Waals surface area contributed by atoms with Crippen molar-refractivity contribution in [2.24, 2.45) is 5.92 Å². The standard InChI is InChI=1S/C22H11Cl4F4N3O2/c23-9-1-8(2-10(24)3-9)16-17(22(16,25)26)21(35)32-12-5-13(18(30)14(28)6-12)20(34)33-19-15(29)4-11(27)7-31-19/h1-7,16-17H,(H,32,35)(H,31,33,34). The Morgan fingerprint density at radius 1 is 0.886 bits per heavy atom. The summed E-state index contributed by atoms with van der Waals surface area (Å²) in [5, 5.41) is 4.84. The number of aromatic nitrogens is 1. The van der Waals surface area contributed by atoms with Crippen LogP contribution >= 0.6 is 46.4 Å². The molecular weight excluding hydrogens is 556 g/mol. The molecule has 1 saturated carbocycles. The summed E-state index contributed by atoms with van der Waals surface area (Å²) in [6.45, 7) is 0. The minimum atomic E-state index is -1.56. The molecule has 2 aromatic carbocycles. The predicted octanol–water partition coefficient (Wildman–Crippen LogP) is 6.72. The van der Waals surface area contributed by atoms with Gasteiger partial charge in [0, 0.05) is 33.8 Å². The summed E-state index contributed by atoms with van der Waals surface area (Å²) in [5.74, 6) is -9.74. The fourth-order valence-corrected chi connectivity index (χ4v) is 4.92. The van der Waals surface area contributed by atoms with Crippen LogP contribution in [0.5, 0.6) is 0 Å². The van der Waals surface area contributed by atoms with Crippen molar-refractivity contribution >= 4 is 69.7 Å². The summed E-state index contributed by atoms with van der Waals surface area (Å²) < 4.78 is 53.7. The van der Waals surface area contributed by atoms with Gasteiger partial charge in [-0.15, -0.1) is 23.2 Å². The van der Waals surface area contributed by atoms with E-state index in [4.69, 9.17) is 46.4 Å². The highest BCUT2D eigenvalue weighted by Gasteiger charge is 2.67. The zero-order chi connectivity index (χ0) is 25.7. The van der Waals surface area contributed by atoms with Gasteiger partial charge in [-0.25, -0.2) is 22.5 Å². The third-order valence-electron chi connectivity index (χ3n) is 5.16. The van der Waals surface area contributed by atoms with Crippen molar-refractivity contribution in [1.29, 1.82) is 0 Å². The van der Waals surface area contributed by atoms with Crippen molar-refractivity contribution in [2.45, 2.75) is 10.3 Å². The van der Waals surface area contributed by atoms with E-state index in [0.717, 1.165) is 6.07 Å². The predicted molar refractivity (Wildman–Crippen MR) is 124 cm³/mol. The van der Waals surface area contributed by atoms with E-state index in [2.05, 4.69) is 10.3 Å². The van der Waals surface area contributed by atoms with E-state index in [1.165, 1.54) is 18.2 Å². The molecule has 2 unspecified atom stereocenters. The largest absolute Gasteiger partial charge is 0.326 e. The number of carbonyl (C=O) groups is 2. The summed E-state index contributed by atoms with van der Waals surface area (Å²) in [6, 6.07) is 6.46. The number of anilines is 2. The number of alkyl halides is 2. The second kappa shape index (κ2) is 9.46. The fraction of sp³-hybridized carbons (Fsp3) is 0.136. The number of nitrogens with zero attached hydrogens (tertiary/aromatic N) is 1. The Labute approximate surface area is 215 Å². The summed E-state index contributed by atoms with van der Waals surface area (Å²) in [4.78, 5) is 28.6. The van der Waals surface area contributed by atoms with Crippen molar-refractivity contribution in [2.75, 3.05) is 10.6 Å². The highest BCUT2D eigenvalue weighted by Crippen LogP contribution is 2.65. The Morgan fingerprint density at radius 2 is 1.54 bits per heavy atom. The number of pyridine rings is 1. The first-order valence-corrected chi connectivity index (χ1v) is 11.2. The van der Waals surface area contributed by atoms with Crippen LogP contribution < -0.4 is 10.6 Å². The number of nitrogens with one attached hydrogen (secondary N) is 2. The minimum Gasteiger partial charge on any atom is -0.326 e. The lowest BCUT2D eigenvalue weighted by molar-refractivity contribution is -0.117. The molecule has 182 valence electrons. The Bertz CT molecular complexity index is 1350. The van der Waals surface area contributed by atoms with Gasteiger partial charge in [-0.3, -0.25) is 9.59 Å². The number of benzene rings is 2. The summed E-state index contributed by atoms with van der Waals surface area (Å²) in [6.07, 6.45) is 0.621. The van der Waals surface area contributed by atoms with Crippen molar-refractivity contribution < 1.29 is 27.2 Å². The van der Waals surface area contributed by atoms with Gasteiger partial charge < -0.3 is 10.6 Å². The molecule has 1 fully saturated rings. The maximum Gasteiger partial charge on any atom is 0.260 e. The van der Waals surface area contributed by atoms with Gasteiger partial charge in [-0.05, 0) is 29.8 Å². The van der Waals surface area contributed by atoms with Gasteiger partial charge in [0.25, 0.3) is 5.91 Å². The molecule has 0 bridgehead atoms. The molecule has 0 aliphatic heterocycles. The maximum absolute atomic E-state index is 14.3. The van der Waals surface area contributed by atoms with Crippen LogP contribution in [0.15, 0.2) is 42.6 Å². The van der Waals surface area contributed by atoms with Crippen LogP contribution in [0.4, 0.5) is 29.1 Å². The average Bonchev–Trinajstić information content (AvgIpc) is 3.34. The van der Waals surface area contributed by atoms with E-state index >= 15 is 0 Å². The highest BCUT2D eigenvalue weighted by atomic mass is 35.5. The highest BCUT2D eigenvalue weighted by molar-refractivity contribution is 6.53. The first-order chi connectivity index (χ1) is 16.4. The lowest BCUT2D eigenvalue weighted by atomic mass is 10.1. The van der Waals surface area contributed by atoms with E-state index in [0.29, 0.717) is 33.9 Å². The van der Waals surface area contributed by atoms with Crippen LogP contribution in [0.2, 0.25) is 10.0 Å². The number of amides is 2. The third-order valence-corrected chi connectivity index (χ3v) is 6.54. The van der Waals surface area contributed by atoms with Gasteiger partial charge in [0.15, 0.2) is 23.3 Å². The molecule has 2 N–H and O–H groups in total. The number of hydrogen-bond donors (Lipinski definition) is 2. The lowest BCUT2D eigenvalue weighted by Crippen LogP contribution is -2.20. The second-order valence-corrected chi connectivity index (χ2v) is 9.90. The summed E-state index contributed by atoms with van der Waals surface area (Å²) in [7, 11) is 0. The third kappa shape index (κ3) is 5.18. The summed E-state index contributed by atoms with van der Waals surface area (Å²) >= 11 is 24.5. The quantitative estimate of drug-likeness (QED) is 0.266. The Morgan fingerprint density at radius 3 is 2.17 bits per heavy atom. The molecule has 5 nitrogen and oxygen atoms in total. The van der Waals surface area contributed by atoms with Gasteiger partial charge in [0.1, 0.15) is 10.2 Å². The molecular formula is C22H11Cl4F4N3O2. The van der Waals surface area contributed by atoms with Gasteiger partial charge >= 0.3 is 0 Å². The van der Waals surface area contributed by atoms with Crippen LogP contribution in [0.25, 0.3) is 0 Å². The first kappa shape index (κ1) is 25.5. The van der Waals surface area contributed by atoms with Crippen LogP contribution in [-0.4, -0.2) is 21.1 Å². The molecule has 1 aliphatic carbocycles. The molecule has 4 rings (SSSR count). The normalized spacial score (nSPS) is 18.2. The van der Waals surface area contributed by atoms with Crippen molar-refractivity contribution in [3.8, 4) is 0 Å². The maximum atomic E-state index is 14.3. The van der Waals surface area contributed by atoms with Crippen LogP contribution in [0, 0.1) is 29.2 Å². The second-order valence-electron chi connectivity index (χ2n) is 7.58.